The number of rotatable bonds is 4. The molecular weight excluding hydrogens is 318 g/mol. The van der Waals surface area contributed by atoms with Crippen LogP contribution in [0.5, 0.6) is 0 Å². The third-order valence-corrected chi connectivity index (χ3v) is 4.91. The molecule has 0 bridgehead atoms. The second-order valence-corrected chi connectivity index (χ2v) is 6.94. The number of piperazine rings is 1. The fraction of sp³-hybridized carbons (Fsp3) is 0.350. The Bertz CT molecular complexity index is 701. The number of hydrazone groups is 1. The molecule has 1 aliphatic rings. The lowest BCUT2D eigenvalue weighted by Gasteiger charge is -2.31. The number of hydrogen-bond acceptors (Lipinski definition) is 2. The molecule has 0 unspecified atom stereocenters. The zero-order valence-corrected chi connectivity index (χ0v) is 15.2. The van der Waals surface area contributed by atoms with Crippen molar-refractivity contribution in [3.8, 4) is 0 Å². The molecular formula is C20H25ClN3+. The highest BCUT2D eigenvalue weighted by Gasteiger charge is 2.19. The van der Waals surface area contributed by atoms with E-state index >= 15 is 0 Å². The number of quaternary nitrogens is 1. The average molecular weight is 343 g/mol. The van der Waals surface area contributed by atoms with E-state index in [1.165, 1.54) is 11.1 Å². The van der Waals surface area contributed by atoms with Crippen LogP contribution in [0.2, 0.25) is 5.02 Å². The number of benzene rings is 2. The molecule has 1 aliphatic heterocycles. The van der Waals surface area contributed by atoms with E-state index < -0.39 is 0 Å². The molecule has 0 atom stereocenters. The smallest absolute Gasteiger partial charge is 0.103 e. The lowest BCUT2D eigenvalue weighted by molar-refractivity contribution is -0.918. The van der Waals surface area contributed by atoms with E-state index in [4.69, 9.17) is 16.7 Å². The molecule has 0 spiro atoms. The largest absolute Gasteiger partial charge is 0.328 e. The van der Waals surface area contributed by atoms with Gasteiger partial charge in [-0.25, -0.2) is 0 Å². The van der Waals surface area contributed by atoms with Crippen molar-refractivity contribution in [3.63, 3.8) is 0 Å². The van der Waals surface area contributed by atoms with Gasteiger partial charge in [0.05, 0.1) is 31.9 Å². The minimum absolute atomic E-state index is 0.766. The maximum atomic E-state index is 6.26. The van der Waals surface area contributed by atoms with Gasteiger partial charge in [-0.05, 0) is 19.9 Å². The van der Waals surface area contributed by atoms with Crippen LogP contribution < -0.4 is 4.90 Å². The number of halogens is 1. The van der Waals surface area contributed by atoms with Gasteiger partial charge in [0, 0.05) is 16.1 Å². The van der Waals surface area contributed by atoms with Gasteiger partial charge in [0.1, 0.15) is 6.54 Å². The Labute approximate surface area is 149 Å². The highest BCUT2D eigenvalue weighted by atomic mass is 35.5. The van der Waals surface area contributed by atoms with Crippen molar-refractivity contribution in [2.75, 3.05) is 26.2 Å². The molecule has 2 aromatic rings. The molecule has 3 rings (SSSR count). The van der Waals surface area contributed by atoms with Gasteiger partial charge in [0.2, 0.25) is 0 Å². The van der Waals surface area contributed by atoms with Crippen molar-refractivity contribution in [2.45, 2.75) is 20.4 Å². The van der Waals surface area contributed by atoms with E-state index in [1.54, 1.807) is 4.90 Å². The molecule has 4 heteroatoms. The normalized spacial score (nSPS) is 16.5. The van der Waals surface area contributed by atoms with E-state index in [9.17, 15) is 0 Å². The second-order valence-electron chi connectivity index (χ2n) is 6.53. The van der Waals surface area contributed by atoms with Gasteiger partial charge >= 0.3 is 0 Å². The number of nitrogens with zero attached hydrogens (tertiary/aromatic N) is 2. The molecule has 3 nitrogen and oxygen atoms in total. The highest BCUT2D eigenvalue weighted by molar-refractivity contribution is 6.34. The predicted molar refractivity (Wildman–Crippen MR) is 101 cm³/mol. The fourth-order valence-electron chi connectivity index (χ4n) is 3.10. The van der Waals surface area contributed by atoms with Crippen molar-refractivity contribution >= 4 is 17.3 Å². The summed E-state index contributed by atoms with van der Waals surface area (Å²) in [5.41, 5.74) is 4.75. The summed E-state index contributed by atoms with van der Waals surface area (Å²) in [6.07, 6.45) is 0. The first-order valence-corrected chi connectivity index (χ1v) is 8.94. The van der Waals surface area contributed by atoms with E-state index in [-0.39, 0.29) is 0 Å². The molecule has 1 N–H and O–H groups in total. The minimum atomic E-state index is 0.766. The summed E-state index contributed by atoms with van der Waals surface area (Å²) in [6.45, 7) is 9.48. The van der Waals surface area contributed by atoms with E-state index in [1.807, 2.05) is 31.2 Å². The topological polar surface area (TPSA) is 20.0 Å². The van der Waals surface area contributed by atoms with E-state index in [2.05, 4.69) is 36.2 Å². The first kappa shape index (κ1) is 17.0. The first-order valence-electron chi connectivity index (χ1n) is 8.56. The Morgan fingerprint density at radius 3 is 2.42 bits per heavy atom. The van der Waals surface area contributed by atoms with Crippen molar-refractivity contribution < 1.29 is 4.90 Å². The monoisotopic (exact) mass is 342 g/mol. The van der Waals surface area contributed by atoms with Gasteiger partial charge in [-0.3, -0.25) is 5.01 Å². The summed E-state index contributed by atoms with van der Waals surface area (Å²) in [7, 11) is 0. The molecule has 24 heavy (non-hydrogen) atoms. The van der Waals surface area contributed by atoms with Crippen LogP contribution in [0.4, 0.5) is 0 Å². The van der Waals surface area contributed by atoms with E-state index in [0.717, 1.165) is 49.0 Å². The SMILES string of the molecule is C/C(=N/N1CC[NH+](Cc2ccc(C)cc2)CC1)c1ccccc1Cl. The average Bonchev–Trinajstić information content (AvgIpc) is 2.59. The Balaban J connectivity index is 1.56. The van der Waals surface area contributed by atoms with Crippen LogP contribution in [-0.2, 0) is 6.54 Å². The lowest BCUT2D eigenvalue weighted by atomic mass is 10.1. The fourth-order valence-corrected chi connectivity index (χ4v) is 3.38. The van der Waals surface area contributed by atoms with Crippen LogP contribution in [0, 0.1) is 6.92 Å². The maximum Gasteiger partial charge on any atom is 0.103 e. The van der Waals surface area contributed by atoms with Gasteiger partial charge in [0.15, 0.2) is 0 Å². The molecule has 0 radical (unpaired) electrons. The number of hydrogen-bond donors (Lipinski definition) is 1. The molecule has 0 aromatic heterocycles. The van der Waals surface area contributed by atoms with Crippen LogP contribution in [0.25, 0.3) is 0 Å². The number of aryl methyl sites for hydroxylation is 1. The summed E-state index contributed by atoms with van der Waals surface area (Å²) >= 11 is 6.26. The number of nitrogens with one attached hydrogen (secondary N) is 1. The van der Waals surface area contributed by atoms with Gasteiger partial charge in [0.25, 0.3) is 0 Å². The quantitative estimate of drug-likeness (QED) is 0.847. The molecule has 1 fully saturated rings. The van der Waals surface area contributed by atoms with Gasteiger partial charge < -0.3 is 4.90 Å². The van der Waals surface area contributed by atoms with Crippen LogP contribution in [0.1, 0.15) is 23.6 Å². The van der Waals surface area contributed by atoms with Crippen LogP contribution >= 0.6 is 11.6 Å². The van der Waals surface area contributed by atoms with Crippen LogP contribution in [0.15, 0.2) is 53.6 Å². The standard InChI is InChI=1S/C20H24ClN3/c1-16-7-9-18(10-8-16)15-23-11-13-24(14-12-23)22-17(2)19-5-3-4-6-20(19)21/h3-10H,11-15H2,1-2H3/p+1/b22-17-. The summed E-state index contributed by atoms with van der Waals surface area (Å²) in [6, 6.07) is 16.8. The predicted octanol–water partition coefficient (Wildman–Crippen LogP) is 2.77. The zero-order chi connectivity index (χ0) is 16.9. The molecule has 0 aliphatic carbocycles. The highest BCUT2D eigenvalue weighted by Crippen LogP contribution is 2.16. The molecule has 0 amide bonds. The first-order chi connectivity index (χ1) is 11.6. The van der Waals surface area contributed by atoms with Crippen molar-refractivity contribution in [1.29, 1.82) is 0 Å². The lowest BCUT2D eigenvalue weighted by Crippen LogP contribution is -3.13. The Hall–Kier alpha value is -1.84. The van der Waals surface area contributed by atoms with Gasteiger partial charge in [-0.1, -0.05) is 59.6 Å². The molecule has 1 saturated heterocycles. The third kappa shape index (κ3) is 4.37. The summed E-state index contributed by atoms with van der Waals surface area (Å²) in [4.78, 5) is 1.63. The zero-order valence-electron chi connectivity index (χ0n) is 14.4. The Morgan fingerprint density at radius 1 is 1.08 bits per heavy atom. The molecule has 1 heterocycles. The van der Waals surface area contributed by atoms with Crippen LogP contribution in [0.3, 0.4) is 0 Å². The Morgan fingerprint density at radius 2 is 1.75 bits per heavy atom. The maximum absolute atomic E-state index is 6.26. The van der Waals surface area contributed by atoms with Gasteiger partial charge in [-0.2, -0.15) is 5.10 Å². The molecule has 2 aromatic carbocycles. The summed E-state index contributed by atoms with van der Waals surface area (Å²) in [5, 5.41) is 7.72. The van der Waals surface area contributed by atoms with E-state index in [0.29, 0.717) is 0 Å². The summed E-state index contributed by atoms with van der Waals surface area (Å²) in [5.74, 6) is 0. The van der Waals surface area contributed by atoms with Crippen molar-refractivity contribution in [1.82, 2.24) is 5.01 Å². The molecule has 126 valence electrons. The third-order valence-electron chi connectivity index (χ3n) is 4.58. The van der Waals surface area contributed by atoms with Crippen LogP contribution in [-0.4, -0.2) is 36.9 Å². The van der Waals surface area contributed by atoms with Crippen molar-refractivity contribution in [2.24, 2.45) is 5.10 Å². The Kier molecular flexibility index (Phi) is 5.54. The molecule has 0 saturated carbocycles. The van der Waals surface area contributed by atoms with Gasteiger partial charge in [-0.15, -0.1) is 0 Å². The second kappa shape index (κ2) is 7.82. The van der Waals surface area contributed by atoms with Crippen molar-refractivity contribution in [3.05, 3.63) is 70.2 Å². The minimum Gasteiger partial charge on any atom is -0.328 e. The summed E-state index contributed by atoms with van der Waals surface area (Å²) < 4.78 is 0.